The average Bonchev–Trinajstić information content (AvgIpc) is 2.93. The van der Waals surface area contributed by atoms with Crippen molar-refractivity contribution in [2.75, 3.05) is 0 Å². The van der Waals surface area contributed by atoms with Crippen LogP contribution in [0.1, 0.15) is 57.6 Å². The number of hydrogen-bond donors (Lipinski definition) is 2. The van der Waals surface area contributed by atoms with Crippen molar-refractivity contribution in [1.82, 2.24) is 5.32 Å². The van der Waals surface area contributed by atoms with E-state index < -0.39 is 6.04 Å². The number of nitrogens with one attached hydrogen (secondary N) is 1. The summed E-state index contributed by atoms with van der Waals surface area (Å²) in [6.07, 6.45) is 5.40. The van der Waals surface area contributed by atoms with Gasteiger partial charge in [0, 0.05) is 12.0 Å². The summed E-state index contributed by atoms with van der Waals surface area (Å²) < 4.78 is 6.32. The molecule has 2 atom stereocenters. The summed E-state index contributed by atoms with van der Waals surface area (Å²) in [5.74, 6) is 0.986. The molecule has 1 amide bonds. The summed E-state index contributed by atoms with van der Waals surface area (Å²) in [5, 5.41) is 3.16. The molecule has 1 unspecified atom stereocenters. The summed E-state index contributed by atoms with van der Waals surface area (Å²) >= 11 is 0. The number of para-hydroxylation sites is 1. The Morgan fingerprint density at radius 2 is 1.96 bits per heavy atom. The molecule has 0 aromatic heterocycles. The van der Waals surface area contributed by atoms with Crippen molar-refractivity contribution in [3.63, 3.8) is 0 Å². The van der Waals surface area contributed by atoms with Crippen molar-refractivity contribution in [2.24, 2.45) is 11.7 Å². The molecule has 3 rings (SSSR count). The highest BCUT2D eigenvalue weighted by Gasteiger charge is 2.43. The quantitative estimate of drug-likeness (QED) is 0.888. The number of carbonyl (C=O) groups excluding carboxylic acids is 1. The molecule has 1 fully saturated rings. The Kier molecular flexibility index (Phi) is 5.58. The maximum absolute atomic E-state index is 12.4. The van der Waals surface area contributed by atoms with Crippen LogP contribution in [0.5, 0.6) is 5.75 Å². The Morgan fingerprint density at radius 1 is 1.30 bits per heavy atom. The van der Waals surface area contributed by atoms with E-state index in [-0.39, 0.29) is 35.9 Å². The molecule has 23 heavy (non-hydrogen) atoms. The fourth-order valence-electron chi connectivity index (χ4n) is 3.64. The summed E-state index contributed by atoms with van der Waals surface area (Å²) in [7, 11) is 0. The van der Waals surface area contributed by atoms with Crippen LogP contribution in [0.25, 0.3) is 0 Å². The molecule has 1 aromatic carbocycles. The third-order valence-corrected chi connectivity index (χ3v) is 5.05. The zero-order valence-electron chi connectivity index (χ0n) is 13.9. The first-order valence-corrected chi connectivity index (χ1v) is 8.35. The van der Waals surface area contributed by atoms with E-state index in [9.17, 15) is 4.79 Å². The fourth-order valence-corrected chi connectivity index (χ4v) is 3.64. The number of carbonyl (C=O) groups is 1. The van der Waals surface area contributed by atoms with E-state index in [0.717, 1.165) is 30.6 Å². The maximum atomic E-state index is 12.4. The molecule has 0 saturated heterocycles. The lowest BCUT2D eigenvalue weighted by atomic mass is 9.85. The summed E-state index contributed by atoms with van der Waals surface area (Å²) in [4.78, 5) is 12.4. The normalized spacial score (nSPS) is 22.9. The third kappa shape index (κ3) is 3.64. The van der Waals surface area contributed by atoms with Crippen LogP contribution in [0, 0.1) is 5.92 Å². The molecule has 5 heteroatoms. The fraction of sp³-hybridized carbons (Fsp3) is 0.611. The van der Waals surface area contributed by atoms with Crippen LogP contribution in [0.2, 0.25) is 0 Å². The number of halogens is 1. The molecule has 1 aliphatic heterocycles. The Morgan fingerprint density at radius 3 is 2.61 bits per heavy atom. The van der Waals surface area contributed by atoms with Crippen molar-refractivity contribution in [1.29, 1.82) is 0 Å². The Balaban J connectivity index is 0.00000192. The van der Waals surface area contributed by atoms with Gasteiger partial charge in [0.1, 0.15) is 11.4 Å². The molecule has 2 aliphatic rings. The third-order valence-electron chi connectivity index (χ3n) is 5.05. The highest BCUT2D eigenvalue weighted by atomic mass is 35.5. The predicted molar refractivity (Wildman–Crippen MR) is 93.8 cm³/mol. The van der Waals surface area contributed by atoms with E-state index in [1.165, 1.54) is 12.8 Å². The second-order valence-electron chi connectivity index (χ2n) is 7.07. The van der Waals surface area contributed by atoms with E-state index in [1.54, 1.807) is 0 Å². The molecular weight excluding hydrogens is 312 g/mol. The van der Waals surface area contributed by atoms with E-state index in [4.69, 9.17) is 10.5 Å². The van der Waals surface area contributed by atoms with Crippen molar-refractivity contribution >= 4 is 18.3 Å². The smallest absolute Gasteiger partial charge is 0.237 e. The number of amides is 1. The van der Waals surface area contributed by atoms with Crippen LogP contribution in [0.15, 0.2) is 24.3 Å². The van der Waals surface area contributed by atoms with Crippen LogP contribution in [0.4, 0.5) is 0 Å². The predicted octanol–water partition coefficient (Wildman–Crippen LogP) is 3.34. The van der Waals surface area contributed by atoms with Crippen LogP contribution < -0.4 is 15.8 Å². The van der Waals surface area contributed by atoms with Gasteiger partial charge in [0.05, 0.1) is 12.1 Å². The molecule has 3 N–H and O–H groups in total. The Bertz CT molecular complexity index is 556. The minimum Gasteiger partial charge on any atom is -0.487 e. The summed E-state index contributed by atoms with van der Waals surface area (Å²) in [6, 6.07) is 7.58. The van der Waals surface area contributed by atoms with Crippen molar-refractivity contribution < 1.29 is 9.53 Å². The van der Waals surface area contributed by atoms with Gasteiger partial charge in [0.25, 0.3) is 0 Å². The minimum absolute atomic E-state index is 0. The molecule has 0 bridgehead atoms. The van der Waals surface area contributed by atoms with Gasteiger partial charge in [-0.05, 0) is 37.7 Å². The van der Waals surface area contributed by atoms with E-state index >= 15 is 0 Å². The second kappa shape index (κ2) is 7.10. The molecular formula is C18H27ClN2O2. The number of fused-ring (bicyclic) bond motifs is 1. The first kappa shape index (κ1) is 18.1. The molecule has 1 aromatic rings. The lowest BCUT2D eigenvalue weighted by molar-refractivity contribution is -0.124. The van der Waals surface area contributed by atoms with Crippen LogP contribution in [-0.2, 0) is 4.79 Å². The molecule has 1 heterocycles. The number of benzene rings is 1. The summed E-state index contributed by atoms with van der Waals surface area (Å²) in [6.45, 7) is 3.95. The molecule has 128 valence electrons. The molecule has 0 radical (unpaired) electrons. The average molecular weight is 339 g/mol. The largest absolute Gasteiger partial charge is 0.487 e. The summed E-state index contributed by atoms with van der Waals surface area (Å²) in [5.41, 5.74) is 6.97. The van der Waals surface area contributed by atoms with Crippen molar-refractivity contribution in [3.05, 3.63) is 29.8 Å². The van der Waals surface area contributed by atoms with Crippen molar-refractivity contribution in [3.8, 4) is 5.75 Å². The number of rotatable bonds is 3. The van der Waals surface area contributed by atoms with Gasteiger partial charge in [-0.15, -0.1) is 12.4 Å². The van der Waals surface area contributed by atoms with Gasteiger partial charge in [0.2, 0.25) is 5.91 Å². The standard InChI is InChI=1S/C18H26N2O2.ClH/c1-12(2)16(19)17(21)20-14-11-18(9-5-6-10-18)22-15-8-4-3-7-13(14)15;/h3-4,7-8,12,14,16H,5-6,9-11,19H2,1-2H3,(H,20,21);1H/t14?,16-;/m0./s1. The van der Waals surface area contributed by atoms with Gasteiger partial charge in [-0.25, -0.2) is 0 Å². The SMILES string of the molecule is CC(C)[C@H](N)C(=O)NC1CC2(CCCC2)Oc2ccccc21.Cl. The molecule has 1 spiro atoms. The zero-order valence-corrected chi connectivity index (χ0v) is 14.7. The zero-order chi connectivity index (χ0) is 15.7. The second-order valence-corrected chi connectivity index (χ2v) is 7.07. The lowest BCUT2D eigenvalue weighted by Crippen LogP contribution is -2.49. The molecule has 4 nitrogen and oxygen atoms in total. The first-order chi connectivity index (χ1) is 10.5. The highest BCUT2D eigenvalue weighted by Crippen LogP contribution is 2.46. The topological polar surface area (TPSA) is 64.4 Å². The van der Waals surface area contributed by atoms with E-state index in [2.05, 4.69) is 5.32 Å². The highest BCUT2D eigenvalue weighted by molar-refractivity contribution is 5.85. The Hall–Kier alpha value is -1.26. The van der Waals surface area contributed by atoms with Crippen molar-refractivity contribution in [2.45, 2.75) is 63.6 Å². The van der Waals surface area contributed by atoms with Crippen LogP contribution in [0.3, 0.4) is 0 Å². The molecule has 1 saturated carbocycles. The number of ether oxygens (including phenoxy) is 1. The van der Waals surface area contributed by atoms with Gasteiger partial charge in [0.15, 0.2) is 0 Å². The monoisotopic (exact) mass is 338 g/mol. The van der Waals surface area contributed by atoms with E-state index in [1.807, 2.05) is 38.1 Å². The van der Waals surface area contributed by atoms with E-state index in [0.29, 0.717) is 0 Å². The van der Waals surface area contributed by atoms with Crippen LogP contribution in [-0.4, -0.2) is 17.6 Å². The van der Waals surface area contributed by atoms with Gasteiger partial charge < -0.3 is 15.8 Å². The maximum Gasteiger partial charge on any atom is 0.237 e. The number of nitrogens with two attached hydrogens (primary N) is 1. The van der Waals surface area contributed by atoms with Gasteiger partial charge in [-0.2, -0.15) is 0 Å². The number of hydrogen-bond acceptors (Lipinski definition) is 3. The van der Waals surface area contributed by atoms with Gasteiger partial charge >= 0.3 is 0 Å². The van der Waals surface area contributed by atoms with Gasteiger partial charge in [-0.1, -0.05) is 32.0 Å². The Labute approximate surface area is 144 Å². The lowest BCUT2D eigenvalue weighted by Gasteiger charge is -2.40. The minimum atomic E-state index is -0.463. The molecule has 1 aliphatic carbocycles. The van der Waals surface area contributed by atoms with Gasteiger partial charge in [-0.3, -0.25) is 4.79 Å². The van der Waals surface area contributed by atoms with Crippen LogP contribution >= 0.6 is 12.4 Å². The first-order valence-electron chi connectivity index (χ1n) is 8.35.